The molecule has 3 saturated carbocycles. The lowest BCUT2D eigenvalue weighted by Crippen LogP contribution is -2.56. The number of hydrogen-bond acceptors (Lipinski definition) is 5. The van der Waals surface area contributed by atoms with E-state index in [0.29, 0.717) is 34.9 Å². The van der Waals surface area contributed by atoms with Gasteiger partial charge in [-0.1, -0.05) is 38.6 Å². The van der Waals surface area contributed by atoms with Gasteiger partial charge in [0.2, 0.25) is 5.12 Å². The Morgan fingerprint density at radius 1 is 1.14 bits per heavy atom. The molecule has 4 nitrogen and oxygen atoms in total. The van der Waals surface area contributed by atoms with Gasteiger partial charge >= 0.3 is 6.01 Å². The van der Waals surface area contributed by atoms with E-state index in [2.05, 4.69) is 36.8 Å². The normalized spacial score (nSPS) is 47.2. The number of carbonyl (C=O) groups is 1. The molecule has 28 heavy (non-hydrogen) atoms. The zero-order valence-electron chi connectivity index (χ0n) is 17.0. The number of ether oxygens (including phenoxy) is 1. The van der Waals surface area contributed by atoms with Crippen molar-refractivity contribution in [1.29, 1.82) is 0 Å². The van der Waals surface area contributed by atoms with Crippen LogP contribution in [0.2, 0.25) is 0 Å². The van der Waals surface area contributed by atoms with Crippen molar-refractivity contribution in [3.63, 3.8) is 0 Å². The molecule has 1 aromatic heterocycles. The molecule has 5 heteroatoms. The second kappa shape index (κ2) is 6.58. The van der Waals surface area contributed by atoms with Gasteiger partial charge < -0.3 is 4.74 Å². The Bertz CT molecular complexity index is 799. The lowest BCUT2D eigenvalue weighted by atomic mass is 9.47. The summed E-state index contributed by atoms with van der Waals surface area (Å²) in [7, 11) is 0. The van der Waals surface area contributed by atoms with Crippen LogP contribution < -0.4 is 4.74 Å². The Hall–Kier alpha value is -1.36. The van der Waals surface area contributed by atoms with Gasteiger partial charge in [-0.2, -0.15) is 0 Å². The van der Waals surface area contributed by atoms with E-state index in [9.17, 15) is 4.79 Å². The average molecular weight is 399 g/mol. The first kappa shape index (κ1) is 18.7. The Labute approximate surface area is 171 Å². The van der Waals surface area contributed by atoms with Crippen LogP contribution in [0.25, 0.3) is 0 Å². The number of hydrogen-bond donors (Lipinski definition) is 0. The van der Waals surface area contributed by atoms with E-state index < -0.39 is 0 Å². The maximum Gasteiger partial charge on any atom is 0.316 e. The quantitative estimate of drug-likeness (QED) is 0.708. The van der Waals surface area contributed by atoms with Crippen LogP contribution >= 0.6 is 11.8 Å². The van der Waals surface area contributed by atoms with Crippen molar-refractivity contribution in [2.45, 2.75) is 64.2 Å². The van der Waals surface area contributed by atoms with E-state index in [1.807, 2.05) is 12.1 Å². The van der Waals surface area contributed by atoms with Crippen molar-refractivity contribution in [3.05, 3.63) is 30.6 Å². The van der Waals surface area contributed by atoms with Crippen molar-refractivity contribution < 1.29 is 9.53 Å². The molecule has 0 bridgehead atoms. The molecule has 0 saturated heterocycles. The second-order valence-corrected chi connectivity index (χ2v) is 11.1. The molecule has 3 unspecified atom stereocenters. The maximum atomic E-state index is 12.0. The van der Waals surface area contributed by atoms with Crippen molar-refractivity contribution in [3.8, 4) is 6.01 Å². The fourth-order valence-corrected chi connectivity index (χ4v) is 8.49. The van der Waals surface area contributed by atoms with Crippen LogP contribution in [0.4, 0.5) is 0 Å². The number of carbonyl (C=O) groups excluding carboxylic acids is 1. The fourth-order valence-electron chi connectivity index (χ4n) is 7.15. The molecule has 2 heterocycles. The topological polar surface area (TPSA) is 52.1 Å². The summed E-state index contributed by atoms with van der Waals surface area (Å²) in [4.78, 5) is 20.6. The maximum absolute atomic E-state index is 12.0. The molecule has 0 spiro atoms. The first-order chi connectivity index (χ1) is 13.4. The SMILES string of the molecule is CC1CC2SC(=O)C=C[C@]2(C)[C@@H]2CC[C@]3(C)C(Oc4ncccn4)CC[C@H]3[C@H]12. The molecular weight excluding hydrogens is 368 g/mol. The van der Waals surface area contributed by atoms with E-state index in [1.165, 1.54) is 19.3 Å². The van der Waals surface area contributed by atoms with Gasteiger partial charge in [0.1, 0.15) is 6.10 Å². The second-order valence-electron chi connectivity index (χ2n) is 9.89. The monoisotopic (exact) mass is 398 g/mol. The number of nitrogens with zero attached hydrogens (tertiary/aromatic N) is 2. The van der Waals surface area contributed by atoms with Crippen LogP contribution in [0, 0.1) is 34.5 Å². The van der Waals surface area contributed by atoms with Crippen LogP contribution in [-0.4, -0.2) is 26.4 Å². The van der Waals surface area contributed by atoms with Gasteiger partial charge in [0, 0.05) is 28.5 Å². The summed E-state index contributed by atoms with van der Waals surface area (Å²) in [5.74, 6) is 2.72. The summed E-state index contributed by atoms with van der Waals surface area (Å²) in [6.45, 7) is 7.30. The van der Waals surface area contributed by atoms with E-state index in [-0.39, 0.29) is 22.0 Å². The molecule has 1 aromatic rings. The zero-order chi connectivity index (χ0) is 19.5. The lowest BCUT2D eigenvalue weighted by molar-refractivity contribution is -0.108. The molecular formula is C23H30N2O2S. The van der Waals surface area contributed by atoms with Gasteiger partial charge in [0.05, 0.1) is 0 Å². The minimum atomic E-state index is 0.151. The summed E-state index contributed by atoms with van der Waals surface area (Å²) in [5, 5.41) is 0.683. The van der Waals surface area contributed by atoms with E-state index in [1.54, 1.807) is 24.2 Å². The highest BCUT2D eigenvalue weighted by molar-refractivity contribution is 8.14. The van der Waals surface area contributed by atoms with E-state index >= 15 is 0 Å². The third kappa shape index (κ3) is 2.68. The summed E-state index contributed by atoms with van der Waals surface area (Å²) < 4.78 is 6.32. The predicted octanol–water partition coefficient (Wildman–Crippen LogP) is 4.91. The smallest absolute Gasteiger partial charge is 0.316 e. The first-order valence-corrected chi connectivity index (χ1v) is 11.6. The number of thioether (sulfide) groups is 1. The Balaban J connectivity index is 1.44. The first-order valence-electron chi connectivity index (χ1n) is 10.8. The number of rotatable bonds is 2. The molecule has 8 atom stereocenters. The van der Waals surface area contributed by atoms with Crippen molar-refractivity contribution in [2.24, 2.45) is 34.5 Å². The summed E-state index contributed by atoms with van der Waals surface area (Å²) in [6.07, 6.45) is 13.7. The van der Waals surface area contributed by atoms with Gasteiger partial charge in [-0.3, -0.25) is 4.79 Å². The van der Waals surface area contributed by atoms with E-state index in [4.69, 9.17) is 4.74 Å². The molecule has 0 aromatic carbocycles. The molecule has 5 rings (SSSR count). The molecule has 4 aliphatic rings. The molecule has 3 fully saturated rings. The number of fused-ring (bicyclic) bond motifs is 5. The van der Waals surface area contributed by atoms with Crippen LogP contribution in [0.3, 0.4) is 0 Å². The molecule has 0 N–H and O–H groups in total. The summed E-state index contributed by atoms with van der Waals surface area (Å²) in [5.41, 5.74) is 0.345. The van der Waals surface area contributed by atoms with Gasteiger partial charge in [-0.15, -0.1) is 0 Å². The molecule has 1 aliphatic heterocycles. The Morgan fingerprint density at radius 2 is 1.93 bits per heavy atom. The highest BCUT2D eigenvalue weighted by Gasteiger charge is 2.62. The molecule has 150 valence electrons. The number of allylic oxidation sites excluding steroid dienone is 1. The molecule has 0 radical (unpaired) electrons. The largest absolute Gasteiger partial charge is 0.460 e. The predicted molar refractivity (Wildman–Crippen MR) is 111 cm³/mol. The molecule has 0 amide bonds. The van der Waals surface area contributed by atoms with Crippen LogP contribution in [-0.2, 0) is 4.79 Å². The summed E-state index contributed by atoms with van der Waals surface area (Å²) >= 11 is 1.59. The van der Waals surface area contributed by atoms with Crippen LogP contribution in [0.1, 0.15) is 52.9 Å². The van der Waals surface area contributed by atoms with Crippen LogP contribution in [0.5, 0.6) is 6.01 Å². The third-order valence-corrected chi connectivity index (χ3v) is 9.96. The van der Waals surface area contributed by atoms with Crippen molar-refractivity contribution >= 4 is 16.9 Å². The van der Waals surface area contributed by atoms with Gasteiger partial charge in [0.15, 0.2) is 0 Å². The van der Waals surface area contributed by atoms with Crippen molar-refractivity contribution in [2.75, 3.05) is 0 Å². The third-order valence-electron chi connectivity index (χ3n) is 8.61. The highest BCUT2D eigenvalue weighted by atomic mass is 32.2. The zero-order valence-corrected chi connectivity index (χ0v) is 17.8. The minimum absolute atomic E-state index is 0.151. The summed E-state index contributed by atoms with van der Waals surface area (Å²) in [6, 6.07) is 2.35. The molecule has 3 aliphatic carbocycles. The van der Waals surface area contributed by atoms with E-state index in [0.717, 1.165) is 12.8 Å². The van der Waals surface area contributed by atoms with Gasteiger partial charge in [0.25, 0.3) is 0 Å². The lowest BCUT2D eigenvalue weighted by Gasteiger charge is -2.60. The Morgan fingerprint density at radius 3 is 2.71 bits per heavy atom. The van der Waals surface area contributed by atoms with Crippen molar-refractivity contribution in [1.82, 2.24) is 9.97 Å². The highest BCUT2D eigenvalue weighted by Crippen LogP contribution is 2.66. The van der Waals surface area contributed by atoms with Gasteiger partial charge in [-0.05, 0) is 67.9 Å². The van der Waals surface area contributed by atoms with Crippen LogP contribution in [0.15, 0.2) is 30.6 Å². The standard InChI is InChI=1S/C23H30N2O2S/c1-14-13-18-23(3,10-8-19(26)28-18)16-7-9-22(2)15(20(14)16)5-6-17(22)27-21-24-11-4-12-25-21/h4,8,10-12,14-18,20H,5-7,9,13H2,1-3H3/t14?,15-,16+,17?,18?,20-,22-,23+/m0/s1. The number of aromatic nitrogens is 2. The Kier molecular flexibility index (Phi) is 4.38. The fraction of sp³-hybridized carbons (Fsp3) is 0.696. The minimum Gasteiger partial charge on any atom is -0.460 e. The average Bonchev–Trinajstić information content (AvgIpc) is 3.00. The van der Waals surface area contributed by atoms with Gasteiger partial charge in [-0.25, -0.2) is 9.97 Å².